The molecule has 2 aliphatic heterocycles. The number of likely N-dealkylation sites (tertiary alicyclic amines) is 2. The second-order valence-electron chi connectivity index (χ2n) is 6.07. The van der Waals surface area contributed by atoms with Crippen LogP contribution in [-0.2, 0) is 19.2 Å². The molecule has 134 valence electrons. The van der Waals surface area contributed by atoms with Crippen LogP contribution in [0, 0.1) is 0 Å². The molecule has 0 aliphatic carbocycles. The minimum Gasteiger partial charge on any atom is -0.481 e. The Bertz CT molecular complexity index is 567. The van der Waals surface area contributed by atoms with E-state index in [0.29, 0.717) is 19.4 Å². The van der Waals surface area contributed by atoms with Crippen molar-refractivity contribution in [3.8, 4) is 0 Å². The summed E-state index contributed by atoms with van der Waals surface area (Å²) in [7, 11) is 0. The molecular formula is C14H21N3O7. The molecule has 0 radical (unpaired) electrons. The van der Waals surface area contributed by atoms with Crippen molar-refractivity contribution in [3.05, 3.63) is 0 Å². The molecule has 2 heterocycles. The molecule has 3 atom stereocenters. The number of nitrogens with zero attached hydrogens (tertiary/aromatic N) is 2. The fourth-order valence-corrected chi connectivity index (χ4v) is 3.64. The zero-order valence-corrected chi connectivity index (χ0v) is 13.1. The lowest BCUT2D eigenvalue weighted by Crippen LogP contribution is -2.56. The normalized spacial score (nSPS) is 27.8. The van der Waals surface area contributed by atoms with E-state index in [0.717, 1.165) is 4.90 Å². The first-order valence-electron chi connectivity index (χ1n) is 7.70. The summed E-state index contributed by atoms with van der Waals surface area (Å²) in [6, 6.07) is -1.46. The SMILES string of the molecule is NCC(=O)N1CCCC12C[C@@H](O)N([C@H](CCC(=O)O)C(=O)O)C2=O. The molecule has 2 rings (SSSR count). The van der Waals surface area contributed by atoms with Crippen LogP contribution in [-0.4, -0.2) is 79.8 Å². The topological polar surface area (TPSA) is 161 Å². The molecule has 24 heavy (non-hydrogen) atoms. The number of carbonyl (C=O) groups is 4. The van der Waals surface area contributed by atoms with Crippen LogP contribution >= 0.6 is 0 Å². The molecule has 1 spiro atoms. The third-order valence-corrected chi connectivity index (χ3v) is 4.69. The third-order valence-electron chi connectivity index (χ3n) is 4.69. The summed E-state index contributed by atoms with van der Waals surface area (Å²) in [6.45, 7) is 0.0295. The number of nitrogens with two attached hydrogens (primary N) is 1. The zero-order chi connectivity index (χ0) is 18.1. The number of carboxylic acids is 2. The van der Waals surface area contributed by atoms with Gasteiger partial charge in [-0.3, -0.25) is 14.4 Å². The standard InChI is InChI=1S/C14H21N3O7/c15-7-10(19)16-5-1-4-14(16)6-9(18)17(13(14)24)8(12(22)23)2-3-11(20)21/h8-9,18H,1-7,15H2,(H,20,21)(H,22,23)/t8-,9-,14?/m1/s1. The Morgan fingerprint density at radius 2 is 2.00 bits per heavy atom. The van der Waals surface area contributed by atoms with Gasteiger partial charge in [-0.15, -0.1) is 0 Å². The number of amides is 2. The lowest BCUT2D eigenvalue weighted by atomic mass is 9.93. The quantitative estimate of drug-likeness (QED) is 0.438. The summed E-state index contributed by atoms with van der Waals surface area (Å²) in [6.07, 6.45) is -1.41. The Balaban J connectivity index is 2.29. The Hall–Kier alpha value is -2.20. The minimum absolute atomic E-state index is 0.103. The van der Waals surface area contributed by atoms with Crippen LogP contribution in [0.15, 0.2) is 0 Å². The molecule has 2 saturated heterocycles. The highest BCUT2D eigenvalue weighted by Crippen LogP contribution is 2.42. The zero-order valence-electron chi connectivity index (χ0n) is 13.1. The number of rotatable bonds is 6. The first-order valence-corrected chi connectivity index (χ1v) is 7.70. The van der Waals surface area contributed by atoms with Crippen LogP contribution in [0.4, 0.5) is 0 Å². The molecule has 1 unspecified atom stereocenters. The minimum atomic E-state index is -1.46. The van der Waals surface area contributed by atoms with Crippen LogP contribution in [0.2, 0.25) is 0 Å². The van der Waals surface area contributed by atoms with Gasteiger partial charge in [0, 0.05) is 19.4 Å². The average Bonchev–Trinajstić information content (AvgIpc) is 3.03. The highest BCUT2D eigenvalue weighted by atomic mass is 16.4. The van der Waals surface area contributed by atoms with E-state index in [1.165, 1.54) is 4.90 Å². The van der Waals surface area contributed by atoms with Crippen molar-refractivity contribution in [2.75, 3.05) is 13.1 Å². The highest BCUT2D eigenvalue weighted by molar-refractivity contribution is 5.96. The first-order chi connectivity index (χ1) is 11.2. The summed E-state index contributed by atoms with van der Waals surface area (Å²) < 4.78 is 0. The predicted molar refractivity (Wildman–Crippen MR) is 78.5 cm³/mol. The number of carbonyl (C=O) groups excluding carboxylic acids is 2. The Morgan fingerprint density at radius 1 is 1.33 bits per heavy atom. The monoisotopic (exact) mass is 343 g/mol. The number of hydrogen-bond acceptors (Lipinski definition) is 6. The van der Waals surface area contributed by atoms with Gasteiger partial charge in [-0.25, -0.2) is 4.79 Å². The lowest BCUT2D eigenvalue weighted by molar-refractivity contribution is -0.158. The van der Waals surface area contributed by atoms with Gasteiger partial charge in [0.2, 0.25) is 5.91 Å². The van der Waals surface area contributed by atoms with Gasteiger partial charge in [0.05, 0.1) is 6.54 Å². The van der Waals surface area contributed by atoms with Gasteiger partial charge in [-0.1, -0.05) is 0 Å². The number of aliphatic hydroxyl groups is 1. The number of aliphatic carboxylic acids is 2. The molecule has 0 aromatic heterocycles. The maximum Gasteiger partial charge on any atom is 0.326 e. The van der Waals surface area contributed by atoms with E-state index in [9.17, 15) is 29.4 Å². The number of hydrogen-bond donors (Lipinski definition) is 4. The summed E-state index contributed by atoms with van der Waals surface area (Å²) >= 11 is 0. The van der Waals surface area contributed by atoms with Gasteiger partial charge in [0.15, 0.2) is 0 Å². The Labute approximate surface area is 137 Å². The largest absolute Gasteiger partial charge is 0.481 e. The van der Waals surface area contributed by atoms with E-state index in [2.05, 4.69) is 0 Å². The molecule has 0 aromatic rings. The van der Waals surface area contributed by atoms with Crippen molar-refractivity contribution in [3.63, 3.8) is 0 Å². The molecule has 0 aromatic carbocycles. The average molecular weight is 343 g/mol. The number of carboxylic acid groups (broad SMARTS) is 2. The molecule has 2 fully saturated rings. The van der Waals surface area contributed by atoms with E-state index in [-0.39, 0.29) is 19.4 Å². The predicted octanol–water partition coefficient (Wildman–Crippen LogP) is -1.82. The smallest absolute Gasteiger partial charge is 0.326 e. The second kappa shape index (κ2) is 6.73. The Morgan fingerprint density at radius 3 is 2.54 bits per heavy atom. The fourth-order valence-electron chi connectivity index (χ4n) is 3.64. The molecule has 10 nitrogen and oxygen atoms in total. The molecule has 5 N–H and O–H groups in total. The van der Waals surface area contributed by atoms with Crippen molar-refractivity contribution >= 4 is 23.8 Å². The first kappa shape index (κ1) is 18.1. The van der Waals surface area contributed by atoms with Gasteiger partial charge in [0.1, 0.15) is 17.8 Å². The highest BCUT2D eigenvalue weighted by Gasteiger charge is 2.60. The summed E-state index contributed by atoms with van der Waals surface area (Å²) in [5.74, 6) is -3.69. The van der Waals surface area contributed by atoms with Gasteiger partial charge in [-0.05, 0) is 19.3 Å². The Kier molecular flexibility index (Phi) is 5.09. The van der Waals surface area contributed by atoms with E-state index in [4.69, 9.17) is 10.8 Å². The second-order valence-corrected chi connectivity index (χ2v) is 6.07. The molecule has 10 heteroatoms. The maximum absolute atomic E-state index is 12.9. The van der Waals surface area contributed by atoms with Crippen molar-refractivity contribution < 1.29 is 34.5 Å². The third kappa shape index (κ3) is 2.94. The molecule has 2 amide bonds. The van der Waals surface area contributed by atoms with Crippen LogP contribution in [0.5, 0.6) is 0 Å². The van der Waals surface area contributed by atoms with Gasteiger partial charge >= 0.3 is 11.9 Å². The van der Waals surface area contributed by atoms with E-state index >= 15 is 0 Å². The van der Waals surface area contributed by atoms with Gasteiger partial charge < -0.3 is 30.9 Å². The summed E-state index contributed by atoms with van der Waals surface area (Å²) in [5.41, 5.74) is 4.08. The van der Waals surface area contributed by atoms with Gasteiger partial charge in [-0.2, -0.15) is 0 Å². The van der Waals surface area contributed by atoms with Crippen LogP contribution in [0.25, 0.3) is 0 Å². The molecule has 0 saturated carbocycles. The van der Waals surface area contributed by atoms with Crippen molar-refractivity contribution in [2.45, 2.75) is 49.9 Å². The van der Waals surface area contributed by atoms with Crippen molar-refractivity contribution in [1.82, 2.24) is 9.80 Å². The lowest BCUT2D eigenvalue weighted by Gasteiger charge is -2.34. The fraction of sp³-hybridized carbons (Fsp3) is 0.714. The van der Waals surface area contributed by atoms with E-state index in [1.54, 1.807) is 0 Å². The van der Waals surface area contributed by atoms with Crippen LogP contribution in [0.3, 0.4) is 0 Å². The summed E-state index contributed by atoms with van der Waals surface area (Å²) in [4.78, 5) is 49.2. The van der Waals surface area contributed by atoms with E-state index in [1.807, 2.05) is 0 Å². The van der Waals surface area contributed by atoms with Gasteiger partial charge in [0.25, 0.3) is 5.91 Å². The molecule has 2 aliphatic rings. The number of aliphatic hydroxyl groups excluding tert-OH is 1. The summed E-state index contributed by atoms with van der Waals surface area (Å²) in [5, 5.41) is 28.3. The molecule has 0 bridgehead atoms. The van der Waals surface area contributed by atoms with Crippen molar-refractivity contribution in [2.24, 2.45) is 5.73 Å². The van der Waals surface area contributed by atoms with Crippen molar-refractivity contribution in [1.29, 1.82) is 0 Å². The molecular weight excluding hydrogens is 322 g/mol. The van der Waals surface area contributed by atoms with E-state index < -0.39 is 48.0 Å². The van der Waals surface area contributed by atoms with Crippen LogP contribution < -0.4 is 5.73 Å². The maximum atomic E-state index is 12.9. The van der Waals surface area contributed by atoms with Crippen LogP contribution in [0.1, 0.15) is 32.1 Å².